The van der Waals surface area contributed by atoms with Crippen molar-refractivity contribution >= 4 is 17.6 Å². The number of aromatic nitrogens is 1. The molecule has 90 valence electrons. The third-order valence-electron chi connectivity index (χ3n) is 2.61. The van der Waals surface area contributed by atoms with Gasteiger partial charge in [0.25, 0.3) is 0 Å². The second-order valence-corrected chi connectivity index (χ2v) is 4.01. The fourth-order valence-electron chi connectivity index (χ4n) is 1.56. The van der Waals surface area contributed by atoms with Crippen molar-refractivity contribution in [1.82, 2.24) is 10.3 Å². The molecule has 0 radical (unpaired) electrons. The van der Waals surface area contributed by atoms with Crippen molar-refractivity contribution < 1.29 is 14.7 Å². The summed E-state index contributed by atoms with van der Waals surface area (Å²) in [5.74, 6) is -0.744. The first kappa shape index (κ1) is 11.5. The van der Waals surface area contributed by atoms with Crippen LogP contribution in [0.2, 0.25) is 0 Å². The van der Waals surface area contributed by atoms with Crippen LogP contribution in [0.3, 0.4) is 0 Å². The number of aromatic carboxylic acids is 1. The number of carbonyl (C=O) groups excluding carboxylic acids is 1. The van der Waals surface area contributed by atoms with E-state index in [1.54, 1.807) is 0 Å². The molecule has 17 heavy (non-hydrogen) atoms. The number of pyridine rings is 1. The molecule has 0 atom stereocenters. The maximum Gasteiger partial charge on any atom is 0.354 e. The Morgan fingerprint density at radius 2 is 2.24 bits per heavy atom. The van der Waals surface area contributed by atoms with Crippen molar-refractivity contribution in [2.75, 3.05) is 18.4 Å². The van der Waals surface area contributed by atoms with Crippen molar-refractivity contribution in [2.24, 2.45) is 5.92 Å². The molecular weight excluding hydrogens is 222 g/mol. The molecule has 0 aromatic carbocycles. The number of hydrogen-bond donors (Lipinski definition) is 3. The quantitative estimate of drug-likeness (QED) is 0.699. The van der Waals surface area contributed by atoms with Gasteiger partial charge in [0.1, 0.15) is 5.69 Å². The number of carboxylic acid groups (broad SMARTS) is 1. The molecule has 0 saturated carbocycles. The van der Waals surface area contributed by atoms with E-state index in [2.05, 4.69) is 15.6 Å². The van der Waals surface area contributed by atoms with Crippen molar-refractivity contribution in [1.29, 1.82) is 0 Å². The van der Waals surface area contributed by atoms with Crippen LogP contribution in [-0.4, -0.2) is 35.1 Å². The zero-order valence-electron chi connectivity index (χ0n) is 9.14. The highest BCUT2D eigenvalue weighted by atomic mass is 16.4. The standard InChI is InChI=1S/C11H13N3O3/c15-10(3-7-4-12-5-7)14-8-1-2-9(11(16)17)13-6-8/h1-2,6-7,12H,3-5H2,(H,14,15)(H,16,17). The Morgan fingerprint density at radius 3 is 2.71 bits per heavy atom. The van der Waals surface area contributed by atoms with Crippen LogP contribution in [0.5, 0.6) is 0 Å². The molecule has 0 unspecified atom stereocenters. The molecule has 2 rings (SSSR count). The average Bonchev–Trinajstić information content (AvgIpc) is 2.24. The van der Waals surface area contributed by atoms with Gasteiger partial charge in [-0.3, -0.25) is 4.79 Å². The van der Waals surface area contributed by atoms with Gasteiger partial charge in [0.05, 0.1) is 11.9 Å². The number of rotatable bonds is 4. The van der Waals surface area contributed by atoms with E-state index in [0.717, 1.165) is 13.1 Å². The third kappa shape index (κ3) is 3.01. The lowest BCUT2D eigenvalue weighted by molar-refractivity contribution is -0.117. The van der Waals surface area contributed by atoms with Crippen molar-refractivity contribution in [3.63, 3.8) is 0 Å². The molecule has 6 heteroatoms. The Labute approximate surface area is 98.1 Å². The minimum atomic E-state index is -1.08. The predicted octanol–water partition coefficient (Wildman–Crippen LogP) is 0.328. The van der Waals surface area contributed by atoms with E-state index in [1.165, 1.54) is 18.3 Å². The van der Waals surface area contributed by atoms with Gasteiger partial charge < -0.3 is 15.7 Å². The van der Waals surface area contributed by atoms with E-state index in [-0.39, 0.29) is 11.6 Å². The summed E-state index contributed by atoms with van der Waals surface area (Å²) in [6, 6.07) is 2.90. The van der Waals surface area contributed by atoms with Gasteiger partial charge in [-0.25, -0.2) is 9.78 Å². The maximum atomic E-state index is 11.6. The van der Waals surface area contributed by atoms with E-state index < -0.39 is 5.97 Å². The highest BCUT2D eigenvalue weighted by Crippen LogP contribution is 2.11. The number of carboxylic acids is 1. The summed E-state index contributed by atoms with van der Waals surface area (Å²) >= 11 is 0. The second kappa shape index (κ2) is 4.92. The highest BCUT2D eigenvalue weighted by molar-refractivity contribution is 5.91. The number of anilines is 1. The highest BCUT2D eigenvalue weighted by Gasteiger charge is 2.20. The van der Waals surface area contributed by atoms with Crippen LogP contribution in [-0.2, 0) is 4.79 Å². The van der Waals surface area contributed by atoms with E-state index in [1.807, 2.05) is 0 Å². The average molecular weight is 235 g/mol. The van der Waals surface area contributed by atoms with E-state index in [0.29, 0.717) is 18.0 Å². The summed E-state index contributed by atoms with van der Waals surface area (Å²) in [6.07, 6.45) is 1.83. The first-order valence-electron chi connectivity index (χ1n) is 5.35. The van der Waals surface area contributed by atoms with Crippen LogP contribution < -0.4 is 10.6 Å². The minimum absolute atomic E-state index is 0.0359. The molecule has 0 spiro atoms. The molecule has 6 nitrogen and oxygen atoms in total. The van der Waals surface area contributed by atoms with E-state index in [9.17, 15) is 9.59 Å². The Balaban J connectivity index is 1.89. The fraction of sp³-hybridized carbons (Fsp3) is 0.364. The van der Waals surface area contributed by atoms with Crippen LogP contribution in [0.4, 0.5) is 5.69 Å². The number of nitrogens with one attached hydrogen (secondary N) is 2. The zero-order chi connectivity index (χ0) is 12.3. The summed E-state index contributed by atoms with van der Waals surface area (Å²) in [7, 11) is 0. The number of hydrogen-bond acceptors (Lipinski definition) is 4. The summed E-state index contributed by atoms with van der Waals surface area (Å²) in [5, 5.41) is 14.4. The largest absolute Gasteiger partial charge is 0.477 e. The molecule has 3 N–H and O–H groups in total. The zero-order valence-corrected chi connectivity index (χ0v) is 9.14. The lowest BCUT2D eigenvalue weighted by Gasteiger charge is -2.26. The Morgan fingerprint density at radius 1 is 1.47 bits per heavy atom. The predicted molar refractivity (Wildman–Crippen MR) is 60.8 cm³/mol. The molecule has 1 saturated heterocycles. The van der Waals surface area contributed by atoms with Crippen LogP contribution >= 0.6 is 0 Å². The van der Waals surface area contributed by atoms with E-state index in [4.69, 9.17) is 5.11 Å². The molecule has 1 aliphatic heterocycles. The van der Waals surface area contributed by atoms with Crippen molar-refractivity contribution in [3.05, 3.63) is 24.0 Å². The normalized spacial score (nSPS) is 15.1. The van der Waals surface area contributed by atoms with Gasteiger partial charge in [0.15, 0.2) is 0 Å². The molecule has 1 fully saturated rings. The lowest BCUT2D eigenvalue weighted by atomic mass is 9.99. The van der Waals surface area contributed by atoms with Crippen LogP contribution in [0.15, 0.2) is 18.3 Å². The monoisotopic (exact) mass is 235 g/mol. The van der Waals surface area contributed by atoms with Crippen LogP contribution in [0.1, 0.15) is 16.9 Å². The molecule has 1 aromatic heterocycles. The van der Waals surface area contributed by atoms with Crippen LogP contribution in [0, 0.1) is 5.92 Å². The summed E-state index contributed by atoms with van der Waals surface area (Å²) < 4.78 is 0. The van der Waals surface area contributed by atoms with E-state index >= 15 is 0 Å². The van der Waals surface area contributed by atoms with Gasteiger partial charge >= 0.3 is 5.97 Å². The Bertz CT molecular complexity index is 426. The third-order valence-corrected chi connectivity index (χ3v) is 2.61. The Kier molecular flexibility index (Phi) is 3.34. The number of nitrogens with zero attached hydrogens (tertiary/aromatic N) is 1. The molecule has 1 aromatic rings. The minimum Gasteiger partial charge on any atom is -0.477 e. The molecule has 0 bridgehead atoms. The summed E-state index contributed by atoms with van der Waals surface area (Å²) in [5.41, 5.74) is 0.485. The van der Waals surface area contributed by atoms with Crippen molar-refractivity contribution in [3.8, 4) is 0 Å². The van der Waals surface area contributed by atoms with Crippen LogP contribution in [0.25, 0.3) is 0 Å². The summed E-state index contributed by atoms with van der Waals surface area (Å²) in [4.78, 5) is 25.8. The molecule has 1 amide bonds. The van der Waals surface area contributed by atoms with Gasteiger partial charge in [0.2, 0.25) is 5.91 Å². The smallest absolute Gasteiger partial charge is 0.354 e. The van der Waals surface area contributed by atoms with Gasteiger partial charge in [0, 0.05) is 6.42 Å². The van der Waals surface area contributed by atoms with Gasteiger partial charge in [-0.2, -0.15) is 0 Å². The molecule has 0 aliphatic carbocycles. The summed E-state index contributed by atoms with van der Waals surface area (Å²) in [6.45, 7) is 1.76. The van der Waals surface area contributed by atoms with Crippen molar-refractivity contribution in [2.45, 2.75) is 6.42 Å². The van der Waals surface area contributed by atoms with Gasteiger partial charge in [-0.1, -0.05) is 0 Å². The Hall–Kier alpha value is -1.95. The first-order valence-corrected chi connectivity index (χ1v) is 5.35. The fourth-order valence-corrected chi connectivity index (χ4v) is 1.56. The van der Waals surface area contributed by atoms with Gasteiger partial charge in [-0.15, -0.1) is 0 Å². The first-order chi connectivity index (χ1) is 8.15. The second-order valence-electron chi connectivity index (χ2n) is 4.01. The number of carbonyl (C=O) groups is 2. The maximum absolute atomic E-state index is 11.6. The molecule has 1 aliphatic rings. The topological polar surface area (TPSA) is 91.3 Å². The molecule has 2 heterocycles. The lowest BCUT2D eigenvalue weighted by Crippen LogP contribution is -2.43. The molecular formula is C11H13N3O3. The number of amides is 1. The SMILES string of the molecule is O=C(CC1CNC1)Nc1ccc(C(=O)O)nc1. The van der Waals surface area contributed by atoms with Gasteiger partial charge in [-0.05, 0) is 31.1 Å².